The van der Waals surface area contributed by atoms with Crippen LogP contribution in [-0.4, -0.2) is 33.1 Å². The van der Waals surface area contributed by atoms with Crippen LogP contribution in [0.25, 0.3) is 0 Å². The molecule has 0 saturated carbocycles. The average Bonchev–Trinajstić information content (AvgIpc) is 2.46. The largest absolute Gasteiger partial charge is 0.289 e. The quantitative estimate of drug-likeness (QED) is 0.504. The number of hydrogen-bond acceptors (Lipinski definition) is 1. The summed E-state index contributed by atoms with van der Waals surface area (Å²) in [5.74, 6) is 0.0950. The molecular weight excluding hydrogens is 427 g/mol. The number of benzene rings is 2. The van der Waals surface area contributed by atoms with Crippen molar-refractivity contribution in [2.75, 3.05) is 0 Å². The van der Waals surface area contributed by atoms with Crippen LogP contribution in [0.15, 0.2) is 54.6 Å². The maximum atomic E-state index is 12.2. The third kappa shape index (κ3) is 4.57. The van der Waals surface area contributed by atoms with E-state index >= 15 is 0 Å². The van der Waals surface area contributed by atoms with Crippen molar-refractivity contribution in [1.29, 1.82) is 0 Å². The summed E-state index contributed by atoms with van der Waals surface area (Å²) in [5, 5.41) is 0. The summed E-state index contributed by atoms with van der Waals surface area (Å²) < 4.78 is 0. The van der Waals surface area contributed by atoms with E-state index in [0.29, 0.717) is 0 Å². The van der Waals surface area contributed by atoms with E-state index in [4.69, 9.17) is 0 Å². The molecule has 0 N–H and O–H groups in total. The zero-order valence-corrected chi connectivity index (χ0v) is 15.1. The molecule has 4 radical (unpaired) electrons. The first-order chi connectivity index (χ1) is 8.81. The minimum absolute atomic E-state index is 0. The Kier molecular flexibility index (Phi) is 6.99. The molecule has 2 heteroatoms. The molecule has 2 rings (SSSR count). The van der Waals surface area contributed by atoms with Crippen LogP contribution >= 0.6 is 0 Å². The minimum atomic E-state index is 0. The Hall–Kier alpha value is -0.968. The van der Waals surface area contributed by atoms with Crippen LogP contribution in [0.5, 0.6) is 0 Å². The zero-order valence-electron chi connectivity index (χ0n) is 11.2. The van der Waals surface area contributed by atoms with Gasteiger partial charge in [0.2, 0.25) is 0 Å². The van der Waals surface area contributed by atoms with Gasteiger partial charge in [0.25, 0.3) is 0 Å². The van der Waals surface area contributed by atoms with E-state index in [2.05, 4.69) is 19.1 Å². The fourth-order valence-corrected chi connectivity index (χ4v) is 1.96. The van der Waals surface area contributed by atoms with Gasteiger partial charge in [-0.25, -0.2) is 0 Å². The third-order valence-corrected chi connectivity index (χ3v) is 3.07. The maximum Gasteiger partial charge on any atom is 0.193 e. The molecule has 0 spiro atoms. The van der Waals surface area contributed by atoms with Crippen molar-refractivity contribution in [2.24, 2.45) is 0 Å². The fraction of sp³-hybridized carbons (Fsp3) is 0.235. The fourth-order valence-electron chi connectivity index (χ4n) is 1.96. The van der Waals surface area contributed by atoms with Crippen molar-refractivity contribution in [3.8, 4) is 0 Å². The molecular formula is C17H18OPb. The molecule has 0 fully saturated rings. The van der Waals surface area contributed by atoms with Crippen LogP contribution in [0.3, 0.4) is 0 Å². The van der Waals surface area contributed by atoms with Crippen LogP contribution in [0.2, 0.25) is 0 Å². The van der Waals surface area contributed by atoms with Crippen molar-refractivity contribution >= 4 is 33.1 Å². The number of carbonyl (C=O) groups excluding carboxylic acids is 1. The summed E-state index contributed by atoms with van der Waals surface area (Å²) in [6, 6.07) is 17.4. The van der Waals surface area contributed by atoms with E-state index in [1.54, 1.807) is 0 Å². The number of ketones is 1. The molecule has 2 aromatic carbocycles. The second-order valence-corrected chi connectivity index (χ2v) is 4.50. The van der Waals surface area contributed by atoms with Gasteiger partial charge in [-0.05, 0) is 18.4 Å². The Labute approximate surface area is 135 Å². The van der Waals surface area contributed by atoms with Crippen LogP contribution in [-0.2, 0) is 6.42 Å². The first-order valence-electron chi connectivity index (χ1n) is 6.50. The summed E-state index contributed by atoms with van der Waals surface area (Å²) in [6.45, 7) is 2.19. The summed E-state index contributed by atoms with van der Waals surface area (Å²) in [5.41, 5.74) is 2.82. The monoisotopic (exact) mass is 446 g/mol. The van der Waals surface area contributed by atoms with E-state index in [1.807, 2.05) is 42.5 Å². The second-order valence-electron chi connectivity index (χ2n) is 4.50. The Morgan fingerprint density at radius 1 is 0.895 bits per heavy atom. The molecule has 0 amide bonds. The van der Waals surface area contributed by atoms with E-state index in [-0.39, 0.29) is 33.1 Å². The molecule has 0 aliphatic heterocycles. The molecule has 0 saturated heterocycles. The molecule has 0 bridgehead atoms. The Bertz CT molecular complexity index is 503. The van der Waals surface area contributed by atoms with Crippen molar-refractivity contribution in [3.63, 3.8) is 0 Å². The maximum absolute atomic E-state index is 12.2. The van der Waals surface area contributed by atoms with Gasteiger partial charge in [-0.3, -0.25) is 4.79 Å². The molecule has 0 aliphatic rings. The van der Waals surface area contributed by atoms with E-state index in [9.17, 15) is 4.79 Å². The van der Waals surface area contributed by atoms with Gasteiger partial charge in [-0.2, -0.15) is 0 Å². The van der Waals surface area contributed by atoms with Gasteiger partial charge in [0.05, 0.1) is 0 Å². The minimum Gasteiger partial charge on any atom is -0.289 e. The number of hydrogen-bond donors (Lipinski definition) is 0. The van der Waals surface area contributed by atoms with Crippen LogP contribution < -0.4 is 0 Å². The molecule has 0 unspecified atom stereocenters. The predicted molar refractivity (Wildman–Crippen MR) is 80.7 cm³/mol. The summed E-state index contributed by atoms with van der Waals surface area (Å²) in [6.07, 6.45) is 3.49. The van der Waals surface area contributed by atoms with Gasteiger partial charge in [0, 0.05) is 38.4 Å². The zero-order chi connectivity index (χ0) is 12.8. The topological polar surface area (TPSA) is 17.1 Å². The van der Waals surface area contributed by atoms with Gasteiger partial charge < -0.3 is 0 Å². The second kappa shape index (κ2) is 8.25. The van der Waals surface area contributed by atoms with Crippen molar-refractivity contribution < 1.29 is 4.79 Å². The molecule has 1 nitrogen and oxygen atoms in total. The first-order valence-corrected chi connectivity index (χ1v) is 6.50. The smallest absolute Gasteiger partial charge is 0.193 e. The van der Waals surface area contributed by atoms with Gasteiger partial charge in [-0.1, -0.05) is 67.9 Å². The first kappa shape index (κ1) is 16.1. The third-order valence-electron chi connectivity index (χ3n) is 3.07. The molecule has 0 heterocycles. The van der Waals surface area contributed by atoms with Gasteiger partial charge >= 0.3 is 0 Å². The summed E-state index contributed by atoms with van der Waals surface area (Å²) >= 11 is 0. The molecule has 0 aliphatic carbocycles. The SMILES string of the molecule is CCCCc1ccc(C(=O)c2ccccc2)cc1.[Pb]. The molecule has 0 aromatic heterocycles. The standard InChI is InChI=1S/C17H18O.Pb/c1-2-3-7-14-10-12-16(13-11-14)17(18)15-8-5-4-6-9-15;/h4-6,8-13H,2-3,7H2,1H3;. The van der Waals surface area contributed by atoms with E-state index in [1.165, 1.54) is 18.4 Å². The number of unbranched alkanes of at least 4 members (excludes halogenated alkanes) is 1. The number of rotatable bonds is 5. The molecule has 19 heavy (non-hydrogen) atoms. The van der Waals surface area contributed by atoms with Crippen molar-refractivity contribution in [3.05, 3.63) is 71.3 Å². The summed E-state index contributed by atoms with van der Waals surface area (Å²) in [4.78, 5) is 12.2. The van der Waals surface area contributed by atoms with E-state index in [0.717, 1.165) is 17.5 Å². The molecule has 2 aromatic rings. The number of carbonyl (C=O) groups is 1. The van der Waals surface area contributed by atoms with Gasteiger partial charge in [-0.15, -0.1) is 0 Å². The molecule has 96 valence electrons. The Morgan fingerprint density at radius 3 is 2.05 bits per heavy atom. The van der Waals surface area contributed by atoms with Crippen molar-refractivity contribution in [2.45, 2.75) is 26.2 Å². The Morgan fingerprint density at radius 2 is 1.47 bits per heavy atom. The van der Waals surface area contributed by atoms with Crippen molar-refractivity contribution in [1.82, 2.24) is 0 Å². The van der Waals surface area contributed by atoms with Crippen LogP contribution in [0.4, 0.5) is 0 Å². The Balaban J connectivity index is 0.00000180. The van der Waals surface area contributed by atoms with Crippen LogP contribution in [0.1, 0.15) is 41.3 Å². The van der Waals surface area contributed by atoms with Gasteiger partial charge in [0.1, 0.15) is 0 Å². The predicted octanol–water partition coefficient (Wildman–Crippen LogP) is 3.88. The van der Waals surface area contributed by atoms with Gasteiger partial charge in [0.15, 0.2) is 5.78 Å². The summed E-state index contributed by atoms with van der Waals surface area (Å²) in [7, 11) is 0. The normalized spacial score (nSPS) is 9.74. The molecule has 0 atom stereocenters. The average molecular weight is 446 g/mol. The van der Waals surface area contributed by atoms with Crippen LogP contribution in [0, 0.1) is 0 Å². The van der Waals surface area contributed by atoms with E-state index < -0.39 is 0 Å². The number of aryl methyl sites for hydroxylation is 1.